The molecule has 1 heterocycles. The molecule has 1 unspecified atom stereocenters. The van der Waals surface area contributed by atoms with Crippen molar-refractivity contribution in [1.82, 2.24) is 4.90 Å². The molecule has 1 fully saturated rings. The van der Waals surface area contributed by atoms with Gasteiger partial charge in [-0.1, -0.05) is 30.3 Å². The van der Waals surface area contributed by atoms with Gasteiger partial charge in [0.05, 0.1) is 7.39 Å². The van der Waals surface area contributed by atoms with Crippen molar-refractivity contribution in [2.45, 2.75) is 19.0 Å². The van der Waals surface area contributed by atoms with Crippen molar-refractivity contribution in [2.75, 3.05) is 7.05 Å². The fourth-order valence-corrected chi connectivity index (χ4v) is 1.48. The van der Waals surface area contributed by atoms with E-state index in [1.807, 2.05) is 37.4 Å². The molecule has 1 aliphatic heterocycles. The largest absolute Gasteiger partial charge is 0.293 e. The summed E-state index contributed by atoms with van der Waals surface area (Å²) in [4.78, 5) is 2.06. The van der Waals surface area contributed by atoms with Gasteiger partial charge in [-0.25, -0.2) is 0 Å². The summed E-state index contributed by atoms with van der Waals surface area (Å²) in [6, 6.07) is 9.90. The highest BCUT2D eigenvalue weighted by Gasteiger charge is 2.40. The van der Waals surface area contributed by atoms with Gasteiger partial charge >= 0.3 is 0 Å². The van der Waals surface area contributed by atoms with E-state index in [-0.39, 0.29) is 0 Å². The van der Waals surface area contributed by atoms with E-state index in [4.69, 9.17) is 1.37 Å². The molecule has 1 saturated heterocycles. The molecule has 0 saturated carbocycles. The lowest BCUT2D eigenvalue weighted by Crippen LogP contribution is -1.86. The van der Waals surface area contributed by atoms with Crippen molar-refractivity contribution in [3.8, 4) is 0 Å². The summed E-state index contributed by atoms with van der Waals surface area (Å²) in [5.74, 6) is 0. The summed E-state index contributed by atoms with van der Waals surface area (Å²) in [7, 11) is 1.99. The van der Waals surface area contributed by atoms with Gasteiger partial charge in [-0.3, -0.25) is 4.90 Å². The molecule has 0 bridgehead atoms. The van der Waals surface area contributed by atoms with E-state index in [1.165, 1.54) is 0 Å². The Hall–Kier alpha value is -0.820. The minimum Gasteiger partial charge on any atom is -0.293 e. The third-order valence-electron chi connectivity index (χ3n) is 2.36. The van der Waals surface area contributed by atoms with E-state index in [0.717, 1.165) is 5.56 Å². The molecule has 3 atom stereocenters. The highest BCUT2D eigenvalue weighted by Crippen LogP contribution is 2.40. The van der Waals surface area contributed by atoms with Crippen molar-refractivity contribution in [3.63, 3.8) is 0 Å². The average Bonchev–Trinajstić information content (AvgIpc) is 2.60. The standard InChI is InChI=1S/C10H13N/c1-8-10(11(8)2)9-6-4-3-5-7-9/h3-8,10H,1-2H3/t8-,10+,11?/m0/s1/i10D. The topological polar surface area (TPSA) is 3.01 Å². The van der Waals surface area contributed by atoms with Gasteiger partial charge in [-0.2, -0.15) is 0 Å². The lowest BCUT2D eigenvalue weighted by molar-refractivity contribution is 0.600. The average molecular weight is 148 g/mol. The SMILES string of the molecule is [2H][C@]1(c2ccccc2)[C@H](C)N1C. The molecule has 0 spiro atoms. The molecule has 0 N–H and O–H groups in total. The van der Waals surface area contributed by atoms with E-state index in [0.29, 0.717) is 6.04 Å². The normalized spacial score (nSPS) is 43.3. The maximum absolute atomic E-state index is 8.12. The highest BCUT2D eigenvalue weighted by atomic mass is 15.3. The van der Waals surface area contributed by atoms with Gasteiger partial charge in [0, 0.05) is 6.04 Å². The Morgan fingerprint density at radius 2 is 1.91 bits per heavy atom. The van der Waals surface area contributed by atoms with Crippen LogP contribution in [-0.2, 0) is 0 Å². The van der Waals surface area contributed by atoms with Gasteiger partial charge in [-0.15, -0.1) is 0 Å². The van der Waals surface area contributed by atoms with Crippen LogP contribution in [-0.4, -0.2) is 18.0 Å². The quantitative estimate of drug-likeness (QED) is 0.551. The monoisotopic (exact) mass is 148 g/mol. The maximum Gasteiger partial charge on any atom is 0.0535 e. The number of likely N-dealkylation sites (N-methyl/N-ethyl adjacent to an activating group) is 1. The van der Waals surface area contributed by atoms with E-state index in [9.17, 15) is 0 Å². The third kappa shape index (κ3) is 1.05. The molecule has 2 rings (SSSR count). The Morgan fingerprint density at radius 3 is 2.36 bits per heavy atom. The molecule has 0 aliphatic carbocycles. The van der Waals surface area contributed by atoms with Crippen LogP contribution in [0.3, 0.4) is 0 Å². The lowest BCUT2D eigenvalue weighted by atomic mass is 10.1. The summed E-state index contributed by atoms with van der Waals surface area (Å²) in [6.45, 7) is 2.08. The summed E-state index contributed by atoms with van der Waals surface area (Å²) in [6.07, 6.45) is 0. The predicted molar refractivity (Wildman–Crippen MR) is 46.4 cm³/mol. The lowest BCUT2D eigenvalue weighted by Gasteiger charge is -1.95. The zero-order chi connectivity index (χ0) is 8.77. The van der Waals surface area contributed by atoms with Crippen LogP contribution in [0.25, 0.3) is 0 Å². The summed E-state index contributed by atoms with van der Waals surface area (Å²) >= 11 is 0. The van der Waals surface area contributed by atoms with Gasteiger partial charge in [0.15, 0.2) is 0 Å². The Bertz CT molecular complexity index is 275. The van der Waals surface area contributed by atoms with Crippen LogP contribution < -0.4 is 0 Å². The maximum atomic E-state index is 8.12. The van der Waals surface area contributed by atoms with Crippen molar-refractivity contribution in [3.05, 3.63) is 35.9 Å². The molecule has 58 valence electrons. The first-order chi connectivity index (χ1) is 5.67. The van der Waals surface area contributed by atoms with Gasteiger partial charge in [0.25, 0.3) is 0 Å². The summed E-state index contributed by atoms with van der Waals surface area (Å²) in [5.41, 5.74) is 1.10. The second-order valence-corrected chi connectivity index (χ2v) is 3.04. The second-order valence-electron chi connectivity index (χ2n) is 3.04. The van der Waals surface area contributed by atoms with Crippen LogP contribution in [0, 0.1) is 0 Å². The Labute approximate surface area is 69.1 Å². The van der Waals surface area contributed by atoms with Crippen LogP contribution in [0.2, 0.25) is 0 Å². The highest BCUT2D eigenvalue weighted by molar-refractivity contribution is 5.25. The number of nitrogens with zero attached hydrogens (tertiary/aromatic N) is 1. The van der Waals surface area contributed by atoms with Crippen LogP contribution >= 0.6 is 0 Å². The number of hydrogen-bond acceptors (Lipinski definition) is 1. The molecule has 11 heavy (non-hydrogen) atoms. The molecule has 0 aromatic heterocycles. The Balaban J connectivity index is 2.34. The van der Waals surface area contributed by atoms with Crippen LogP contribution in [0.5, 0.6) is 0 Å². The van der Waals surface area contributed by atoms with Crippen molar-refractivity contribution in [1.29, 1.82) is 0 Å². The molecule has 1 aromatic carbocycles. The van der Waals surface area contributed by atoms with Crippen LogP contribution in [0.4, 0.5) is 0 Å². The molecule has 1 nitrogen and oxygen atoms in total. The molecule has 0 radical (unpaired) electrons. The number of benzene rings is 1. The van der Waals surface area contributed by atoms with Crippen molar-refractivity contribution in [2.24, 2.45) is 0 Å². The van der Waals surface area contributed by atoms with E-state index < -0.39 is 6.02 Å². The van der Waals surface area contributed by atoms with Gasteiger partial charge in [0.2, 0.25) is 0 Å². The first kappa shape index (κ1) is 5.78. The van der Waals surface area contributed by atoms with Crippen molar-refractivity contribution >= 4 is 0 Å². The Morgan fingerprint density at radius 1 is 1.36 bits per heavy atom. The fourth-order valence-electron chi connectivity index (χ4n) is 1.48. The molecule has 1 heteroatoms. The van der Waals surface area contributed by atoms with Gasteiger partial charge < -0.3 is 0 Å². The van der Waals surface area contributed by atoms with Crippen molar-refractivity contribution < 1.29 is 1.37 Å². The summed E-state index contributed by atoms with van der Waals surface area (Å²) < 4.78 is 8.12. The Kier molecular flexibility index (Phi) is 1.23. The first-order valence-corrected chi connectivity index (χ1v) is 3.96. The number of rotatable bonds is 1. The summed E-state index contributed by atoms with van der Waals surface area (Å²) in [5, 5.41) is 0. The van der Waals surface area contributed by atoms with Gasteiger partial charge in [0.1, 0.15) is 0 Å². The first-order valence-electron chi connectivity index (χ1n) is 4.46. The number of hydrogen-bond donors (Lipinski definition) is 0. The predicted octanol–water partition coefficient (Wildman–Crippen LogP) is 2.06. The van der Waals surface area contributed by atoms with E-state index >= 15 is 0 Å². The second kappa shape index (κ2) is 2.35. The molecular weight excluding hydrogens is 134 g/mol. The van der Waals surface area contributed by atoms with E-state index in [2.05, 4.69) is 11.8 Å². The van der Waals surface area contributed by atoms with Gasteiger partial charge in [-0.05, 0) is 19.5 Å². The zero-order valence-electron chi connectivity index (χ0n) is 7.91. The molecular formula is C10H13N. The molecule has 0 amide bonds. The van der Waals surface area contributed by atoms with Crippen LogP contribution in [0.15, 0.2) is 30.3 Å². The molecule has 1 aromatic rings. The minimum atomic E-state index is -0.457. The zero-order valence-corrected chi connectivity index (χ0v) is 6.91. The fraction of sp³-hybridized carbons (Fsp3) is 0.400. The smallest absolute Gasteiger partial charge is 0.0535 e. The van der Waals surface area contributed by atoms with Crippen LogP contribution in [0.1, 0.15) is 19.9 Å². The molecule has 1 aliphatic rings. The van der Waals surface area contributed by atoms with E-state index in [1.54, 1.807) is 0 Å². The minimum absolute atomic E-state index is 0.347. The third-order valence-corrected chi connectivity index (χ3v) is 2.36.